The second-order valence-electron chi connectivity index (χ2n) is 5.08. The Morgan fingerprint density at radius 3 is 2.22 bits per heavy atom. The van der Waals surface area contributed by atoms with Crippen LogP contribution in [-0.4, -0.2) is 29.5 Å². The third kappa shape index (κ3) is 4.04. The number of nitrogens with two attached hydrogens (primary N) is 1. The van der Waals surface area contributed by atoms with Crippen molar-refractivity contribution < 1.29 is 0 Å². The van der Waals surface area contributed by atoms with E-state index < -0.39 is 0 Å². The summed E-state index contributed by atoms with van der Waals surface area (Å²) in [4.78, 5) is 8.48. The molecule has 4 heteroatoms. The molecule has 1 aromatic heterocycles. The first kappa shape index (κ1) is 15.6. The molecule has 0 bridgehead atoms. The van der Waals surface area contributed by atoms with Crippen molar-refractivity contribution in [1.29, 1.82) is 0 Å². The SMILES string of the molecule is CCN(CC)CCc1nc(C(C)C)c(C(C)N)s1. The highest BCUT2D eigenvalue weighted by Crippen LogP contribution is 2.29. The molecule has 0 amide bonds. The molecule has 0 radical (unpaired) electrons. The maximum atomic E-state index is 6.03. The van der Waals surface area contributed by atoms with Crippen molar-refractivity contribution in [2.75, 3.05) is 19.6 Å². The lowest BCUT2D eigenvalue weighted by Crippen LogP contribution is -2.25. The smallest absolute Gasteiger partial charge is 0.0944 e. The topological polar surface area (TPSA) is 42.2 Å². The van der Waals surface area contributed by atoms with Crippen LogP contribution in [-0.2, 0) is 6.42 Å². The summed E-state index contributed by atoms with van der Waals surface area (Å²) >= 11 is 1.80. The predicted molar refractivity (Wildman–Crippen MR) is 80.3 cm³/mol. The van der Waals surface area contributed by atoms with Crippen LogP contribution in [0.2, 0.25) is 0 Å². The van der Waals surface area contributed by atoms with Crippen molar-refractivity contribution in [3.05, 3.63) is 15.6 Å². The van der Waals surface area contributed by atoms with E-state index in [2.05, 4.69) is 32.6 Å². The zero-order valence-corrected chi connectivity index (χ0v) is 13.2. The Morgan fingerprint density at radius 2 is 1.83 bits per heavy atom. The van der Waals surface area contributed by atoms with Crippen molar-refractivity contribution in [2.45, 2.75) is 53.0 Å². The standard InChI is InChI=1S/C14H27N3S/c1-6-17(7-2)9-8-12-16-13(10(3)4)14(18-12)11(5)15/h10-11H,6-9,15H2,1-5H3. The van der Waals surface area contributed by atoms with Crippen molar-refractivity contribution in [1.82, 2.24) is 9.88 Å². The van der Waals surface area contributed by atoms with E-state index in [0.717, 1.165) is 26.1 Å². The first-order valence-corrected chi connectivity index (χ1v) is 7.78. The third-order valence-electron chi connectivity index (χ3n) is 3.22. The van der Waals surface area contributed by atoms with Crippen LogP contribution >= 0.6 is 11.3 Å². The fourth-order valence-electron chi connectivity index (χ4n) is 2.03. The number of thiazole rings is 1. The van der Waals surface area contributed by atoms with Gasteiger partial charge in [0.25, 0.3) is 0 Å². The molecule has 0 aromatic carbocycles. The first-order chi connectivity index (χ1) is 8.49. The van der Waals surface area contributed by atoms with Gasteiger partial charge in [-0.2, -0.15) is 0 Å². The molecule has 0 saturated carbocycles. The minimum absolute atomic E-state index is 0.0992. The number of likely N-dealkylation sites (N-methyl/N-ethyl adjacent to an activating group) is 1. The van der Waals surface area contributed by atoms with E-state index in [1.165, 1.54) is 15.6 Å². The van der Waals surface area contributed by atoms with Crippen molar-refractivity contribution in [3.8, 4) is 0 Å². The highest BCUT2D eigenvalue weighted by atomic mass is 32.1. The Hall–Kier alpha value is -0.450. The number of hydrogen-bond donors (Lipinski definition) is 1. The number of hydrogen-bond acceptors (Lipinski definition) is 4. The molecule has 1 unspecified atom stereocenters. The molecule has 1 aromatic rings. The van der Waals surface area contributed by atoms with Crippen LogP contribution in [0.15, 0.2) is 0 Å². The Balaban J connectivity index is 2.75. The molecule has 0 aliphatic heterocycles. The summed E-state index contributed by atoms with van der Waals surface area (Å²) in [5.41, 5.74) is 7.23. The Labute approximate surface area is 115 Å². The molecule has 1 heterocycles. The molecular formula is C14H27N3S. The molecule has 1 atom stereocenters. The fraction of sp³-hybridized carbons (Fsp3) is 0.786. The lowest BCUT2D eigenvalue weighted by atomic mass is 10.1. The third-order valence-corrected chi connectivity index (χ3v) is 4.55. The largest absolute Gasteiger partial charge is 0.323 e. The molecule has 0 spiro atoms. The summed E-state index contributed by atoms with van der Waals surface area (Å²) in [7, 11) is 0. The summed E-state index contributed by atoms with van der Waals surface area (Å²) in [5, 5.41) is 1.23. The van der Waals surface area contributed by atoms with Crippen LogP contribution in [0.4, 0.5) is 0 Å². The summed E-state index contributed by atoms with van der Waals surface area (Å²) in [5.74, 6) is 0.462. The van der Waals surface area contributed by atoms with E-state index in [9.17, 15) is 0 Å². The zero-order valence-electron chi connectivity index (χ0n) is 12.4. The summed E-state index contributed by atoms with van der Waals surface area (Å²) in [6, 6.07) is 0.0992. The Morgan fingerprint density at radius 1 is 1.22 bits per heavy atom. The monoisotopic (exact) mass is 269 g/mol. The lowest BCUT2D eigenvalue weighted by Gasteiger charge is -2.16. The maximum absolute atomic E-state index is 6.03. The van der Waals surface area contributed by atoms with E-state index >= 15 is 0 Å². The molecule has 1 rings (SSSR count). The van der Waals surface area contributed by atoms with Gasteiger partial charge in [0.15, 0.2) is 0 Å². The van der Waals surface area contributed by atoms with Crippen molar-refractivity contribution >= 4 is 11.3 Å². The highest BCUT2D eigenvalue weighted by Gasteiger charge is 2.17. The first-order valence-electron chi connectivity index (χ1n) is 6.96. The quantitative estimate of drug-likeness (QED) is 0.826. The van der Waals surface area contributed by atoms with E-state index in [4.69, 9.17) is 10.7 Å². The average Bonchev–Trinajstić information content (AvgIpc) is 2.75. The molecule has 0 aliphatic carbocycles. The van der Waals surface area contributed by atoms with Gasteiger partial charge >= 0.3 is 0 Å². The zero-order chi connectivity index (χ0) is 13.7. The van der Waals surface area contributed by atoms with Crippen LogP contribution in [0.3, 0.4) is 0 Å². The summed E-state index contributed by atoms with van der Waals surface area (Å²) < 4.78 is 0. The van der Waals surface area contributed by atoms with Crippen molar-refractivity contribution in [2.24, 2.45) is 5.73 Å². The second-order valence-corrected chi connectivity index (χ2v) is 6.19. The summed E-state index contributed by atoms with van der Waals surface area (Å²) in [6.45, 7) is 14.2. The molecule has 0 saturated heterocycles. The van der Waals surface area contributed by atoms with Gasteiger partial charge in [-0.15, -0.1) is 11.3 Å². The van der Waals surface area contributed by atoms with E-state index in [1.54, 1.807) is 11.3 Å². The fourth-order valence-corrected chi connectivity index (χ4v) is 3.19. The molecule has 2 N–H and O–H groups in total. The van der Waals surface area contributed by atoms with Gasteiger partial charge in [-0.3, -0.25) is 0 Å². The molecule has 3 nitrogen and oxygen atoms in total. The van der Waals surface area contributed by atoms with Crippen LogP contribution in [0, 0.1) is 0 Å². The predicted octanol–water partition coefficient (Wildman–Crippen LogP) is 3.17. The molecule has 18 heavy (non-hydrogen) atoms. The molecular weight excluding hydrogens is 242 g/mol. The Bertz CT molecular complexity index is 328. The van der Waals surface area contributed by atoms with Crippen LogP contribution in [0.1, 0.15) is 62.2 Å². The normalized spacial score (nSPS) is 13.6. The van der Waals surface area contributed by atoms with Crippen molar-refractivity contribution in [3.63, 3.8) is 0 Å². The van der Waals surface area contributed by atoms with Gasteiger partial charge in [0.1, 0.15) is 0 Å². The van der Waals surface area contributed by atoms with E-state index in [-0.39, 0.29) is 6.04 Å². The number of aromatic nitrogens is 1. The number of nitrogens with zero attached hydrogens (tertiary/aromatic N) is 2. The van der Waals surface area contributed by atoms with Gasteiger partial charge in [-0.1, -0.05) is 27.7 Å². The van der Waals surface area contributed by atoms with Crippen LogP contribution in [0.5, 0.6) is 0 Å². The van der Waals surface area contributed by atoms with E-state index in [1.807, 2.05) is 6.92 Å². The molecule has 0 fully saturated rings. The second kappa shape index (κ2) is 7.22. The molecule has 0 aliphatic rings. The molecule has 104 valence electrons. The minimum atomic E-state index is 0.0992. The highest BCUT2D eigenvalue weighted by molar-refractivity contribution is 7.11. The van der Waals surface area contributed by atoms with Gasteiger partial charge in [-0.25, -0.2) is 4.98 Å². The van der Waals surface area contributed by atoms with Gasteiger partial charge in [0.05, 0.1) is 10.7 Å². The van der Waals surface area contributed by atoms with Crippen LogP contribution < -0.4 is 5.73 Å². The number of rotatable bonds is 7. The van der Waals surface area contributed by atoms with Gasteiger partial charge in [0.2, 0.25) is 0 Å². The lowest BCUT2D eigenvalue weighted by molar-refractivity contribution is 0.308. The Kier molecular flexibility index (Phi) is 6.26. The van der Waals surface area contributed by atoms with Gasteiger partial charge in [0, 0.05) is 23.9 Å². The minimum Gasteiger partial charge on any atom is -0.323 e. The summed E-state index contributed by atoms with van der Waals surface area (Å²) in [6.07, 6.45) is 1.04. The average molecular weight is 269 g/mol. The van der Waals surface area contributed by atoms with Gasteiger partial charge < -0.3 is 10.6 Å². The maximum Gasteiger partial charge on any atom is 0.0944 e. The van der Waals surface area contributed by atoms with E-state index in [0.29, 0.717) is 5.92 Å². The van der Waals surface area contributed by atoms with Crippen LogP contribution in [0.25, 0.3) is 0 Å². The van der Waals surface area contributed by atoms with Gasteiger partial charge in [-0.05, 0) is 25.9 Å².